The number of ketones is 1. The number of esters is 1. The molecule has 0 aromatic heterocycles. The molecule has 1 aliphatic rings. The molecule has 1 saturated heterocycles. The molecule has 0 N–H and O–H groups in total. The van der Waals surface area contributed by atoms with E-state index in [4.69, 9.17) is 14.2 Å². The van der Waals surface area contributed by atoms with Gasteiger partial charge >= 0.3 is 5.97 Å². The third-order valence-corrected chi connectivity index (χ3v) is 6.32. The van der Waals surface area contributed by atoms with Gasteiger partial charge in [0.1, 0.15) is 11.3 Å². The van der Waals surface area contributed by atoms with E-state index in [1.165, 1.54) is 29.6 Å². The van der Waals surface area contributed by atoms with Crippen LogP contribution in [0.5, 0.6) is 5.75 Å². The second-order valence-electron chi connectivity index (χ2n) is 6.24. The summed E-state index contributed by atoms with van der Waals surface area (Å²) in [6, 6.07) is 12.4. The summed E-state index contributed by atoms with van der Waals surface area (Å²) in [5.41, 5.74) is 0.346. The van der Waals surface area contributed by atoms with Crippen LogP contribution in [0.15, 0.2) is 53.4 Å². The number of carbonyl (C=O) groups excluding carboxylic acids is 2. The Balaban J connectivity index is 1.79. The zero-order valence-corrected chi connectivity index (χ0v) is 16.7. The number of benzene rings is 2. The van der Waals surface area contributed by atoms with E-state index in [0.717, 1.165) is 0 Å². The standard InChI is InChI=1S/C20H21NO7S/c1-26-19-8-7-16(29(24,25)21-9-11-27-12-10-21)13-17(19)20(23)28-14-18(22)15-5-3-2-4-6-15/h2-8,13H,9-12,14H2,1H3. The van der Waals surface area contributed by atoms with Gasteiger partial charge in [-0.3, -0.25) is 4.79 Å². The van der Waals surface area contributed by atoms with Crippen molar-refractivity contribution in [3.05, 3.63) is 59.7 Å². The van der Waals surface area contributed by atoms with E-state index in [0.29, 0.717) is 18.8 Å². The summed E-state index contributed by atoms with van der Waals surface area (Å²) in [5.74, 6) is -1.05. The molecule has 3 rings (SSSR count). The van der Waals surface area contributed by atoms with Crippen LogP contribution >= 0.6 is 0 Å². The average molecular weight is 419 g/mol. The van der Waals surface area contributed by atoms with E-state index < -0.39 is 22.6 Å². The van der Waals surface area contributed by atoms with E-state index in [1.807, 2.05) is 0 Å². The lowest BCUT2D eigenvalue weighted by molar-refractivity contribution is 0.0471. The number of hydrogen-bond donors (Lipinski definition) is 0. The molecule has 0 radical (unpaired) electrons. The number of nitrogens with zero attached hydrogens (tertiary/aromatic N) is 1. The number of carbonyl (C=O) groups is 2. The molecule has 0 atom stereocenters. The van der Waals surface area contributed by atoms with E-state index in [2.05, 4.69) is 0 Å². The molecular formula is C20H21NO7S. The molecule has 0 unspecified atom stereocenters. The van der Waals surface area contributed by atoms with Gasteiger partial charge in [-0.2, -0.15) is 4.31 Å². The third-order valence-electron chi connectivity index (χ3n) is 4.43. The molecule has 29 heavy (non-hydrogen) atoms. The molecule has 0 aliphatic carbocycles. The van der Waals surface area contributed by atoms with Crippen molar-refractivity contribution < 1.29 is 32.2 Å². The molecule has 1 fully saturated rings. The van der Waals surface area contributed by atoms with Gasteiger partial charge in [0.15, 0.2) is 12.4 Å². The summed E-state index contributed by atoms with van der Waals surface area (Å²) in [5, 5.41) is 0. The highest BCUT2D eigenvalue weighted by atomic mass is 32.2. The molecule has 0 bridgehead atoms. The Labute approximate surface area is 169 Å². The minimum atomic E-state index is -3.79. The van der Waals surface area contributed by atoms with Gasteiger partial charge in [0.05, 0.1) is 25.2 Å². The Bertz CT molecular complexity index is 983. The van der Waals surface area contributed by atoms with Crippen LogP contribution in [0, 0.1) is 0 Å². The lowest BCUT2D eigenvalue weighted by Crippen LogP contribution is -2.40. The van der Waals surface area contributed by atoms with Crippen LogP contribution in [0.4, 0.5) is 0 Å². The second-order valence-corrected chi connectivity index (χ2v) is 8.18. The molecule has 1 heterocycles. The fourth-order valence-electron chi connectivity index (χ4n) is 2.86. The predicted molar refractivity (Wildman–Crippen MR) is 104 cm³/mol. The number of ether oxygens (including phenoxy) is 3. The molecule has 0 spiro atoms. The van der Waals surface area contributed by atoms with Crippen LogP contribution in [-0.2, 0) is 19.5 Å². The SMILES string of the molecule is COc1ccc(S(=O)(=O)N2CCOCC2)cc1C(=O)OCC(=O)c1ccccc1. The van der Waals surface area contributed by atoms with Gasteiger partial charge in [0, 0.05) is 18.7 Å². The summed E-state index contributed by atoms with van der Waals surface area (Å²) < 4.78 is 42.4. The van der Waals surface area contributed by atoms with Gasteiger partial charge in [-0.1, -0.05) is 30.3 Å². The average Bonchev–Trinajstić information content (AvgIpc) is 2.77. The number of morpholine rings is 1. The van der Waals surface area contributed by atoms with Gasteiger partial charge in [-0.05, 0) is 18.2 Å². The van der Waals surface area contributed by atoms with Crippen LogP contribution in [-0.4, -0.2) is 64.5 Å². The molecule has 0 amide bonds. The van der Waals surface area contributed by atoms with E-state index in [9.17, 15) is 18.0 Å². The summed E-state index contributed by atoms with van der Waals surface area (Å²) in [4.78, 5) is 24.6. The van der Waals surface area contributed by atoms with Crippen molar-refractivity contribution >= 4 is 21.8 Å². The Morgan fingerprint density at radius 3 is 2.41 bits per heavy atom. The smallest absolute Gasteiger partial charge is 0.342 e. The Morgan fingerprint density at radius 1 is 1.07 bits per heavy atom. The normalized spacial score (nSPS) is 14.9. The van der Waals surface area contributed by atoms with Crippen molar-refractivity contribution in [1.82, 2.24) is 4.31 Å². The first kappa shape index (κ1) is 21.0. The van der Waals surface area contributed by atoms with Crippen molar-refractivity contribution in [2.45, 2.75) is 4.90 Å². The monoisotopic (exact) mass is 419 g/mol. The first-order valence-electron chi connectivity index (χ1n) is 8.95. The maximum atomic E-state index is 12.8. The number of hydrogen-bond acceptors (Lipinski definition) is 7. The van der Waals surface area contributed by atoms with E-state index in [1.54, 1.807) is 30.3 Å². The van der Waals surface area contributed by atoms with Crippen LogP contribution in [0.1, 0.15) is 20.7 Å². The van der Waals surface area contributed by atoms with Crippen molar-refractivity contribution in [2.24, 2.45) is 0 Å². The first-order chi connectivity index (χ1) is 13.9. The highest BCUT2D eigenvalue weighted by Gasteiger charge is 2.28. The minimum Gasteiger partial charge on any atom is -0.496 e. The first-order valence-corrected chi connectivity index (χ1v) is 10.4. The summed E-state index contributed by atoms with van der Waals surface area (Å²) in [6.45, 7) is 0.629. The molecule has 2 aromatic carbocycles. The topological polar surface area (TPSA) is 99.2 Å². The summed E-state index contributed by atoms with van der Waals surface area (Å²) >= 11 is 0. The highest BCUT2D eigenvalue weighted by Crippen LogP contribution is 2.26. The Hall–Kier alpha value is -2.75. The maximum Gasteiger partial charge on any atom is 0.342 e. The van der Waals surface area contributed by atoms with Gasteiger partial charge in [0.2, 0.25) is 10.0 Å². The molecule has 154 valence electrons. The molecule has 1 aliphatic heterocycles. The van der Waals surface area contributed by atoms with Crippen molar-refractivity contribution in [3.63, 3.8) is 0 Å². The number of methoxy groups -OCH3 is 1. The maximum absolute atomic E-state index is 12.8. The molecule has 2 aromatic rings. The molecular weight excluding hydrogens is 398 g/mol. The quantitative estimate of drug-likeness (QED) is 0.498. The van der Waals surface area contributed by atoms with Crippen LogP contribution in [0.3, 0.4) is 0 Å². The molecule has 8 nitrogen and oxygen atoms in total. The number of Topliss-reactive ketones (excluding diaryl/α,β-unsaturated/α-hetero) is 1. The predicted octanol–water partition coefficient (Wildman–Crippen LogP) is 1.76. The zero-order valence-electron chi connectivity index (χ0n) is 15.9. The highest BCUT2D eigenvalue weighted by molar-refractivity contribution is 7.89. The van der Waals surface area contributed by atoms with Gasteiger partial charge in [0.25, 0.3) is 0 Å². The van der Waals surface area contributed by atoms with Gasteiger partial charge < -0.3 is 14.2 Å². The Kier molecular flexibility index (Phi) is 6.63. The van der Waals surface area contributed by atoms with Crippen LogP contribution in [0.25, 0.3) is 0 Å². The second kappa shape index (κ2) is 9.17. The van der Waals surface area contributed by atoms with Crippen molar-refractivity contribution in [2.75, 3.05) is 40.0 Å². The lowest BCUT2D eigenvalue weighted by Gasteiger charge is -2.26. The van der Waals surface area contributed by atoms with Gasteiger partial charge in [-0.15, -0.1) is 0 Å². The zero-order chi connectivity index (χ0) is 20.9. The minimum absolute atomic E-state index is 0.0541. The molecule has 0 saturated carbocycles. The fraction of sp³-hybridized carbons (Fsp3) is 0.300. The van der Waals surface area contributed by atoms with Crippen molar-refractivity contribution in [1.29, 1.82) is 0 Å². The Morgan fingerprint density at radius 2 is 1.76 bits per heavy atom. The van der Waals surface area contributed by atoms with Crippen LogP contribution < -0.4 is 4.74 Å². The largest absolute Gasteiger partial charge is 0.496 e. The fourth-order valence-corrected chi connectivity index (χ4v) is 4.29. The van der Waals surface area contributed by atoms with Crippen molar-refractivity contribution in [3.8, 4) is 5.75 Å². The molecule has 9 heteroatoms. The summed E-state index contributed by atoms with van der Waals surface area (Å²) in [6.07, 6.45) is 0. The van der Waals surface area contributed by atoms with E-state index in [-0.39, 0.29) is 35.1 Å². The number of rotatable bonds is 7. The third kappa shape index (κ3) is 4.81. The number of sulfonamides is 1. The van der Waals surface area contributed by atoms with Crippen LogP contribution in [0.2, 0.25) is 0 Å². The summed E-state index contributed by atoms with van der Waals surface area (Å²) in [7, 11) is -2.44. The lowest BCUT2D eigenvalue weighted by atomic mass is 10.1. The van der Waals surface area contributed by atoms with E-state index >= 15 is 0 Å². The van der Waals surface area contributed by atoms with Gasteiger partial charge in [-0.25, -0.2) is 13.2 Å².